The molecule has 7 atom stereocenters. The molecule has 150 valence electrons. The van der Waals surface area contributed by atoms with E-state index >= 15 is 0 Å². The predicted molar refractivity (Wildman–Crippen MR) is 114 cm³/mol. The van der Waals surface area contributed by atoms with E-state index in [0.717, 1.165) is 25.2 Å². The summed E-state index contributed by atoms with van der Waals surface area (Å²) in [6, 6.07) is 11.6. The maximum Gasteiger partial charge on any atom is 0.222 e. The Morgan fingerprint density at radius 1 is 1.04 bits per heavy atom. The van der Waals surface area contributed by atoms with Crippen LogP contribution in [0.5, 0.6) is 0 Å². The van der Waals surface area contributed by atoms with Crippen molar-refractivity contribution in [3.63, 3.8) is 0 Å². The number of allylic oxidation sites excluding steroid dienone is 2. The highest BCUT2D eigenvalue weighted by atomic mass is 16.2. The van der Waals surface area contributed by atoms with Crippen LogP contribution in [0.1, 0.15) is 64.9 Å². The van der Waals surface area contributed by atoms with Crippen LogP contribution in [0.2, 0.25) is 0 Å². The Balaban J connectivity index is 1.67. The molecule has 3 aliphatic carbocycles. The quantitative estimate of drug-likeness (QED) is 0.585. The van der Waals surface area contributed by atoms with E-state index in [1.807, 2.05) is 0 Å². The summed E-state index contributed by atoms with van der Waals surface area (Å²) in [6.07, 6.45) is 11.7. The number of rotatable bonds is 1. The molecule has 1 aromatic rings. The average Bonchev–Trinajstić information content (AvgIpc) is 3.09. The normalized spacial score (nSPS) is 47.4. The molecule has 0 spiro atoms. The Labute approximate surface area is 170 Å². The molecule has 1 amide bonds. The van der Waals surface area contributed by atoms with Crippen LogP contribution in [0.3, 0.4) is 0 Å². The van der Waals surface area contributed by atoms with Gasteiger partial charge in [0.25, 0.3) is 0 Å². The summed E-state index contributed by atoms with van der Waals surface area (Å²) in [7, 11) is 2.07. The van der Waals surface area contributed by atoms with Gasteiger partial charge in [0.05, 0.1) is 0 Å². The fraction of sp³-hybridized carbons (Fsp3) is 0.654. The van der Waals surface area contributed by atoms with Gasteiger partial charge in [-0.05, 0) is 71.7 Å². The molecule has 3 fully saturated rings. The van der Waals surface area contributed by atoms with Gasteiger partial charge in [0.1, 0.15) is 0 Å². The zero-order valence-corrected chi connectivity index (χ0v) is 17.9. The molecule has 28 heavy (non-hydrogen) atoms. The van der Waals surface area contributed by atoms with Crippen LogP contribution >= 0.6 is 0 Å². The van der Waals surface area contributed by atoms with Crippen LogP contribution in [0, 0.1) is 28.6 Å². The highest BCUT2D eigenvalue weighted by molar-refractivity contribution is 5.77. The molecule has 1 heterocycles. The standard InChI is InChI=1S/C26H35NO/c1-24-14-8-11-19(24)23-20(12-15-24)25(2)16-13-22(28)27(4)21(25)17-26(23,3)18-9-6-5-7-10-18/h5-10,14,19-21,23H,11-13,15-17H2,1-4H3/t19-,20-,21+,23-,24-,25+,26-/m0/s1. The summed E-state index contributed by atoms with van der Waals surface area (Å²) in [6.45, 7) is 7.55. The first-order valence-electron chi connectivity index (χ1n) is 11.3. The minimum absolute atomic E-state index is 0.125. The zero-order chi connectivity index (χ0) is 19.7. The van der Waals surface area contributed by atoms with Crippen LogP contribution < -0.4 is 0 Å². The lowest BCUT2D eigenvalue weighted by Gasteiger charge is -2.66. The second-order valence-electron chi connectivity index (χ2n) is 10.9. The summed E-state index contributed by atoms with van der Waals surface area (Å²) < 4.78 is 0. The van der Waals surface area contributed by atoms with Gasteiger partial charge in [-0.25, -0.2) is 0 Å². The van der Waals surface area contributed by atoms with E-state index in [0.29, 0.717) is 29.2 Å². The summed E-state index contributed by atoms with van der Waals surface area (Å²) in [4.78, 5) is 14.8. The first kappa shape index (κ1) is 18.5. The van der Waals surface area contributed by atoms with Gasteiger partial charge in [0, 0.05) is 19.5 Å². The van der Waals surface area contributed by atoms with Crippen molar-refractivity contribution in [1.29, 1.82) is 0 Å². The fourth-order valence-electron chi connectivity index (χ4n) is 8.06. The second kappa shape index (κ2) is 5.97. The van der Waals surface area contributed by atoms with Crippen LogP contribution in [0.4, 0.5) is 0 Å². The second-order valence-corrected chi connectivity index (χ2v) is 10.9. The first-order chi connectivity index (χ1) is 13.3. The molecule has 0 radical (unpaired) electrons. The van der Waals surface area contributed by atoms with E-state index in [4.69, 9.17) is 0 Å². The summed E-state index contributed by atoms with van der Waals surface area (Å²) >= 11 is 0. The number of carbonyl (C=O) groups excluding carboxylic acids is 1. The predicted octanol–water partition coefficient (Wildman–Crippen LogP) is 5.58. The van der Waals surface area contributed by atoms with Crippen LogP contribution in [-0.2, 0) is 10.2 Å². The van der Waals surface area contributed by atoms with Crippen LogP contribution in [0.25, 0.3) is 0 Å². The molecule has 0 N–H and O–H groups in total. The molecule has 0 unspecified atom stereocenters. The molecule has 1 aliphatic heterocycles. The summed E-state index contributed by atoms with van der Waals surface area (Å²) in [5.74, 6) is 2.47. The van der Waals surface area contributed by atoms with E-state index in [1.165, 1.54) is 24.8 Å². The molecule has 1 aromatic carbocycles. The Kier molecular flexibility index (Phi) is 3.93. The third-order valence-corrected chi connectivity index (χ3v) is 9.73. The number of carbonyl (C=O) groups is 1. The van der Waals surface area contributed by atoms with Crippen molar-refractivity contribution in [1.82, 2.24) is 4.90 Å². The number of fused-ring (bicyclic) bond motifs is 5. The molecule has 0 bridgehead atoms. The van der Waals surface area contributed by atoms with E-state index in [2.05, 4.69) is 75.2 Å². The van der Waals surface area contributed by atoms with Gasteiger partial charge in [0.15, 0.2) is 0 Å². The molecule has 0 aromatic heterocycles. The fourth-order valence-corrected chi connectivity index (χ4v) is 8.06. The third-order valence-electron chi connectivity index (χ3n) is 9.73. The smallest absolute Gasteiger partial charge is 0.222 e. The van der Waals surface area contributed by atoms with Crippen LogP contribution in [-0.4, -0.2) is 23.9 Å². The van der Waals surface area contributed by atoms with Gasteiger partial charge in [-0.3, -0.25) is 4.79 Å². The lowest BCUT2D eigenvalue weighted by molar-refractivity contribution is -0.167. The Bertz CT molecular complexity index is 815. The molecule has 5 rings (SSSR count). The largest absolute Gasteiger partial charge is 0.342 e. The van der Waals surface area contributed by atoms with Gasteiger partial charge < -0.3 is 4.90 Å². The van der Waals surface area contributed by atoms with Gasteiger partial charge in [-0.2, -0.15) is 0 Å². The maximum absolute atomic E-state index is 12.6. The number of likely N-dealkylation sites (tertiary alicyclic amines) is 1. The highest BCUT2D eigenvalue weighted by Gasteiger charge is 2.64. The van der Waals surface area contributed by atoms with Gasteiger partial charge in [-0.1, -0.05) is 63.3 Å². The number of benzene rings is 1. The number of nitrogens with zero attached hydrogens (tertiary/aromatic N) is 1. The lowest BCUT2D eigenvalue weighted by Crippen LogP contribution is -2.66. The third kappa shape index (κ3) is 2.30. The highest BCUT2D eigenvalue weighted by Crippen LogP contribution is 2.68. The molecule has 2 nitrogen and oxygen atoms in total. The van der Waals surface area contributed by atoms with Crippen molar-refractivity contribution >= 4 is 5.91 Å². The Morgan fingerprint density at radius 2 is 1.79 bits per heavy atom. The monoisotopic (exact) mass is 377 g/mol. The van der Waals surface area contributed by atoms with E-state index < -0.39 is 0 Å². The summed E-state index contributed by atoms with van der Waals surface area (Å²) in [5, 5.41) is 0. The molecule has 1 saturated heterocycles. The number of amides is 1. The van der Waals surface area contributed by atoms with E-state index in [1.54, 1.807) is 0 Å². The SMILES string of the molecule is CN1C(=O)CC[C@]2(C)[C@H]3CC[C@]4(C)C=CC[C@H]4[C@@H]3[C@](C)(c3ccccc3)C[C@@H]12. The Morgan fingerprint density at radius 3 is 2.54 bits per heavy atom. The zero-order valence-electron chi connectivity index (χ0n) is 17.9. The molecule has 4 aliphatic rings. The van der Waals surface area contributed by atoms with Gasteiger partial charge >= 0.3 is 0 Å². The van der Waals surface area contributed by atoms with Crippen molar-refractivity contribution in [2.75, 3.05) is 7.05 Å². The number of hydrogen-bond acceptors (Lipinski definition) is 1. The van der Waals surface area contributed by atoms with E-state index in [9.17, 15) is 4.79 Å². The molecule has 2 saturated carbocycles. The minimum Gasteiger partial charge on any atom is -0.342 e. The minimum atomic E-state index is 0.125. The molecular weight excluding hydrogens is 342 g/mol. The van der Waals surface area contributed by atoms with Crippen molar-refractivity contribution in [3.05, 3.63) is 48.0 Å². The van der Waals surface area contributed by atoms with Crippen molar-refractivity contribution in [2.24, 2.45) is 28.6 Å². The molecular formula is C26H35NO. The van der Waals surface area contributed by atoms with Gasteiger partial charge in [-0.15, -0.1) is 0 Å². The van der Waals surface area contributed by atoms with Crippen molar-refractivity contribution in [3.8, 4) is 0 Å². The van der Waals surface area contributed by atoms with Gasteiger partial charge in [0.2, 0.25) is 5.91 Å². The Hall–Kier alpha value is -1.57. The van der Waals surface area contributed by atoms with Crippen molar-refractivity contribution < 1.29 is 4.79 Å². The first-order valence-corrected chi connectivity index (χ1v) is 11.3. The number of piperidine rings is 1. The molecule has 2 heteroatoms. The summed E-state index contributed by atoms with van der Waals surface area (Å²) in [5.41, 5.74) is 2.22. The topological polar surface area (TPSA) is 20.3 Å². The van der Waals surface area contributed by atoms with Crippen LogP contribution in [0.15, 0.2) is 42.5 Å². The number of hydrogen-bond donors (Lipinski definition) is 0. The van der Waals surface area contributed by atoms with Crippen molar-refractivity contribution in [2.45, 2.75) is 70.8 Å². The lowest BCUT2D eigenvalue weighted by atomic mass is 9.40. The van der Waals surface area contributed by atoms with E-state index in [-0.39, 0.29) is 10.8 Å². The average molecular weight is 378 g/mol. The maximum atomic E-state index is 12.6.